The van der Waals surface area contributed by atoms with E-state index in [2.05, 4.69) is 29.1 Å². The summed E-state index contributed by atoms with van der Waals surface area (Å²) in [5.74, 6) is 1.69. The maximum Gasteiger partial charge on any atom is 0.137 e. The summed E-state index contributed by atoms with van der Waals surface area (Å²) in [6.07, 6.45) is 6.40. The van der Waals surface area contributed by atoms with Gasteiger partial charge in [0.25, 0.3) is 0 Å². The molecule has 1 atom stereocenters. The van der Waals surface area contributed by atoms with E-state index in [4.69, 9.17) is 11.6 Å². The monoisotopic (exact) mass is 239 g/mol. The van der Waals surface area contributed by atoms with Crippen molar-refractivity contribution >= 4 is 17.4 Å². The molecule has 1 unspecified atom stereocenters. The van der Waals surface area contributed by atoms with Crippen molar-refractivity contribution in [3.63, 3.8) is 0 Å². The van der Waals surface area contributed by atoms with Crippen molar-refractivity contribution in [1.29, 1.82) is 0 Å². The summed E-state index contributed by atoms with van der Waals surface area (Å²) >= 11 is 6.05. The van der Waals surface area contributed by atoms with E-state index in [0.717, 1.165) is 23.7 Å². The lowest BCUT2D eigenvalue weighted by Crippen LogP contribution is -2.31. The van der Waals surface area contributed by atoms with Crippen LogP contribution in [0.3, 0.4) is 0 Å². The molecule has 0 amide bonds. The van der Waals surface area contributed by atoms with E-state index in [1.165, 1.54) is 25.6 Å². The Morgan fingerprint density at radius 1 is 1.50 bits per heavy atom. The number of halogens is 1. The molecule has 3 nitrogen and oxygen atoms in total. The average Bonchev–Trinajstić information content (AvgIpc) is 2.15. The molecule has 0 aromatic carbocycles. The molecule has 0 aliphatic heterocycles. The van der Waals surface area contributed by atoms with Crippen molar-refractivity contribution < 1.29 is 0 Å². The van der Waals surface area contributed by atoms with Gasteiger partial charge in [0.1, 0.15) is 17.3 Å². The van der Waals surface area contributed by atoms with E-state index >= 15 is 0 Å². The largest absolute Gasteiger partial charge is 0.367 e. The van der Waals surface area contributed by atoms with Crippen LogP contribution >= 0.6 is 11.6 Å². The number of hydrogen-bond acceptors (Lipinski definition) is 3. The minimum absolute atomic E-state index is 0.477. The molecule has 88 valence electrons. The average molecular weight is 240 g/mol. The SMILES string of the molecule is CCc1c(Cl)ncnc1NC(C)C1CCC1. The zero-order valence-corrected chi connectivity index (χ0v) is 10.6. The molecule has 1 aromatic rings. The molecule has 0 saturated heterocycles. The fraction of sp³-hybridized carbons (Fsp3) is 0.667. The second kappa shape index (κ2) is 5.00. The first-order valence-corrected chi connectivity index (χ1v) is 6.36. The van der Waals surface area contributed by atoms with Crippen LogP contribution in [-0.2, 0) is 6.42 Å². The standard InChI is InChI=1S/C12H18ClN3/c1-3-10-11(13)14-7-15-12(10)16-8(2)9-5-4-6-9/h7-9H,3-6H2,1-2H3,(H,14,15,16). The summed E-state index contributed by atoms with van der Waals surface area (Å²) in [6, 6.07) is 0.477. The zero-order chi connectivity index (χ0) is 11.5. The van der Waals surface area contributed by atoms with Crippen LogP contribution in [0.1, 0.15) is 38.7 Å². The Morgan fingerprint density at radius 3 is 2.81 bits per heavy atom. The lowest BCUT2D eigenvalue weighted by Gasteiger charge is -2.32. The molecular weight excluding hydrogens is 222 g/mol. The molecule has 16 heavy (non-hydrogen) atoms. The van der Waals surface area contributed by atoms with Crippen molar-refractivity contribution in [3.05, 3.63) is 17.0 Å². The van der Waals surface area contributed by atoms with Crippen LogP contribution in [0.5, 0.6) is 0 Å². The molecule has 1 heterocycles. The van der Waals surface area contributed by atoms with Gasteiger partial charge in [0.05, 0.1) is 0 Å². The van der Waals surface area contributed by atoms with E-state index in [-0.39, 0.29) is 0 Å². The van der Waals surface area contributed by atoms with Gasteiger partial charge in [0.15, 0.2) is 0 Å². The molecule has 1 aliphatic rings. The molecule has 1 N–H and O–H groups in total. The molecule has 1 saturated carbocycles. The molecule has 2 rings (SSSR count). The van der Waals surface area contributed by atoms with Gasteiger partial charge < -0.3 is 5.32 Å². The number of nitrogens with one attached hydrogen (secondary N) is 1. The third-order valence-corrected chi connectivity index (χ3v) is 3.79. The summed E-state index contributed by atoms with van der Waals surface area (Å²) in [4.78, 5) is 8.30. The highest BCUT2D eigenvalue weighted by Gasteiger charge is 2.24. The predicted octanol–water partition coefficient (Wildman–Crippen LogP) is 3.29. The van der Waals surface area contributed by atoms with Crippen LogP contribution in [0, 0.1) is 5.92 Å². The normalized spacial score (nSPS) is 17.9. The fourth-order valence-corrected chi connectivity index (χ4v) is 2.37. The number of anilines is 1. The Kier molecular flexibility index (Phi) is 3.64. The highest BCUT2D eigenvalue weighted by atomic mass is 35.5. The summed E-state index contributed by atoms with van der Waals surface area (Å²) in [6.45, 7) is 4.29. The lowest BCUT2D eigenvalue weighted by atomic mass is 9.80. The molecule has 0 spiro atoms. The van der Waals surface area contributed by atoms with Crippen LogP contribution in [0.2, 0.25) is 5.15 Å². The molecule has 1 aliphatic carbocycles. The maximum atomic E-state index is 6.05. The minimum Gasteiger partial charge on any atom is -0.367 e. The van der Waals surface area contributed by atoms with Gasteiger partial charge in [-0.25, -0.2) is 9.97 Å². The zero-order valence-electron chi connectivity index (χ0n) is 9.83. The third kappa shape index (κ3) is 2.29. The summed E-state index contributed by atoms with van der Waals surface area (Å²) in [5, 5.41) is 4.04. The van der Waals surface area contributed by atoms with E-state index in [9.17, 15) is 0 Å². The van der Waals surface area contributed by atoms with E-state index < -0.39 is 0 Å². The molecular formula is C12H18ClN3. The molecule has 0 bridgehead atoms. The summed E-state index contributed by atoms with van der Waals surface area (Å²) in [7, 11) is 0. The van der Waals surface area contributed by atoms with Gasteiger partial charge in [-0.05, 0) is 32.1 Å². The van der Waals surface area contributed by atoms with E-state index in [1.54, 1.807) is 0 Å². The van der Waals surface area contributed by atoms with Crippen molar-refractivity contribution in [1.82, 2.24) is 9.97 Å². The van der Waals surface area contributed by atoms with Crippen LogP contribution in [0.4, 0.5) is 5.82 Å². The Labute approximate surface area is 102 Å². The van der Waals surface area contributed by atoms with Gasteiger partial charge in [0, 0.05) is 11.6 Å². The van der Waals surface area contributed by atoms with E-state index in [1.807, 2.05) is 0 Å². The van der Waals surface area contributed by atoms with Gasteiger partial charge >= 0.3 is 0 Å². The van der Waals surface area contributed by atoms with Crippen LogP contribution < -0.4 is 5.32 Å². The second-order valence-electron chi connectivity index (χ2n) is 4.47. The number of rotatable bonds is 4. The van der Waals surface area contributed by atoms with Crippen molar-refractivity contribution in [2.75, 3.05) is 5.32 Å². The van der Waals surface area contributed by atoms with E-state index in [0.29, 0.717) is 11.2 Å². The smallest absolute Gasteiger partial charge is 0.137 e. The summed E-state index contributed by atoms with van der Waals surface area (Å²) < 4.78 is 0. The highest BCUT2D eigenvalue weighted by molar-refractivity contribution is 6.30. The first kappa shape index (κ1) is 11.6. The third-order valence-electron chi connectivity index (χ3n) is 3.47. The van der Waals surface area contributed by atoms with Gasteiger partial charge in [-0.15, -0.1) is 0 Å². The predicted molar refractivity (Wildman–Crippen MR) is 66.8 cm³/mol. The Bertz CT molecular complexity index is 363. The number of aromatic nitrogens is 2. The minimum atomic E-state index is 0.477. The van der Waals surface area contributed by atoms with Crippen LogP contribution in [0.15, 0.2) is 6.33 Å². The van der Waals surface area contributed by atoms with Gasteiger partial charge in [-0.3, -0.25) is 0 Å². The molecule has 0 radical (unpaired) electrons. The van der Waals surface area contributed by atoms with Gasteiger partial charge in [-0.1, -0.05) is 24.9 Å². The Morgan fingerprint density at radius 2 is 2.25 bits per heavy atom. The first-order chi connectivity index (χ1) is 7.72. The highest BCUT2D eigenvalue weighted by Crippen LogP contribution is 2.31. The summed E-state index contributed by atoms with van der Waals surface area (Å²) in [5.41, 5.74) is 1.02. The van der Waals surface area contributed by atoms with Crippen LogP contribution in [0.25, 0.3) is 0 Å². The number of nitrogens with zero attached hydrogens (tertiary/aromatic N) is 2. The second-order valence-corrected chi connectivity index (χ2v) is 4.83. The molecule has 1 aromatic heterocycles. The quantitative estimate of drug-likeness (QED) is 0.820. The van der Waals surface area contributed by atoms with Gasteiger partial charge in [0.2, 0.25) is 0 Å². The lowest BCUT2D eigenvalue weighted by molar-refractivity contribution is 0.285. The van der Waals surface area contributed by atoms with Crippen LogP contribution in [-0.4, -0.2) is 16.0 Å². The van der Waals surface area contributed by atoms with Crippen molar-refractivity contribution in [3.8, 4) is 0 Å². The Hall–Kier alpha value is -0.830. The topological polar surface area (TPSA) is 37.8 Å². The Balaban J connectivity index is 2.10. The van der Waals surface area contributed by atoms with Crippen molar-refractivity contribution in [2.24, 2.45) is 5.92 Å². The molecule has 4 heteroatoms. The van der Waals surface area contributed by atoms with Gasteiger partial charge in [-0.2, -0.15) is 0 Å². The number of hydrogen-bond donors (Lipinski definition) is 1. The maximum absolute atomic E-state index is 6.05. The van der Waals surface area contributed by atoms with Crippen molar-refractivity contribution in [2.45, 2.75) is 45.6 Å². The molecule has 1 fully saturated rings. The first-order valence-electron chi connectivity index (χ1n) is 5.98. The fourth-order valence-electron chi connectivity index (χ4n) is 2.10.